The van der Waals surface area contributed by atoms with E-state index < -0.39 is 24.2 Å². The summed E-state index contributed by atoms with van der Waals surface area (Å²) < 4.78 is 19.5. The van der Waals surface area contributed by atoms with Gasteiger partial charge in [0.25, 0.3) is 5.91 Å². The maximum Gasteiger partial charge on any atom is 0.407 e. The summed E-state index contributed by atoms with van der Waals surface area (Å²) >= 11 is 13.9. The normalized spacial score (nSPS) is 16.3. The summed E-state index contributed by atoms with van der Waals surface area (Å²) in [6.07, 6.45) is -0.324. The van der Waals surface area contributed by atoms with E-state index in [2.05, 4.69) is 4.98 Å². The highest BCUT2D eigenvalue weighted by Gasteiger charge is 2.26. The minimum atomic E-state index is -0.994. The number of carbonyl (C=O) groups is 2. The van der Waals surface area contributed by atoms with Crippen LogP contribution >= 0.6 is 34.5 Å². The largest absolute Gasteiger partial charge is 0.489 e. The van der Waals surface area contributed by atoms with Gasteiger partial charge in [-0.15, -0.1) is 11.3 Å². The molecular formula is C26H24Cl2N4O6S. The second-order valence-electron chi connectivity index (χ2n) is 8.84. The van der Waals surface area contributed by atoms with Crippen molar-refractivity contribution in [3.8, 4) is 16.5 Å². The number of primary amides is 1. The van der Waals surface area contributed by atoms with Gasteiger partial charge in [-0.3, -0.25) is 9.36 Å². The molecule has 2 atom stereocenters. The van der Waals surface area contributed by atoms with E-state index in [9.17, 15) is 14.7 Å². The number of fused-ring (bicyclic) bond motifs is 1. The molecule has 2 aromatic carbocycles. The number of nitrogens with two attached hydrogens (primary N) is 1. The van der Waals surface area contributed by atoms with E-state index in [1.807, 2.05) is 10.6 Å². The maximum atomic E-state index is 12.3. The first kappa shape index (κ1) is 27.1. The summed E-state index contributed by atoms with van der Waals surface area (Å²) in [6, 6.07) is 12.4. The number of carboxylic acid groups (broad SMARTS) is 1. The molecule has 1 saturated heterocycles. The lowest BCUT2D eigenvalue weighted by molar-refractivity contribution is -0.0412. The Bertz CT molecular complexity index is 1540. The first-order valence-corrected chi connectivity index (χ1v) is 13.5. The number of nitrogens with zero attached hydrogens (tertiary/aromatic N) is 3. The van der Waals surface area contributed by atoms with Crippen LogP contribution in [0.25, 0.3) is 16.0 Å². The van der Waals surface area contributed by atoms with Gasteiger partial charge in [-0.1, -0.05) is 35.3 Å². The maximum absolute atomic E-state index is 12.3. The van der Waals surface area contributed by atoms with Gasteiger partial charge in [0.05, 0.1) is 29.2 Å². The number of benzene rings is 2. The van der Waals surface area contributed by atoms with Crippen molar-refractivity contribution < 1.29 is 28.9 Å². The second kappa shape index (κ2) is 11.3. The molecule has 3 heterocycles. The molecule has 0 radical (unpaired) electrons. The molecule has 1 aliphatic heterocycles. The molecule has 13 heteroatoms. The van der Waals surface area contributed by atoms with E-state index in [0.29, 0.717) is 50.8 Å². The SMILES string of the molecule is C[C@@H](Oc1cc(-n2cnc3cc(Cl)ccc32)sc1C(N)=O)c1cccc(OC[C@H]2CN(C(=O)O)CCO2)c1Cl. The monoisotopic (exact) mass is 590 g/mol. The number of rotatable bonds is 8. The highest BCUT2D eigenvalue weighted by atomic mass is 35.5. The van der Waals surface area contributed by atoms with Gasteiger partial charge in [0.2, 0.25) is 0 Å². The molecule has 4 aromatic rings. The van der Waals surface area contributed by atoms with Crippen LogP contribution in [0.5, 0.6) is 11.5 Å². The van der Waals surface area contributed by atoms with Gasteiger partial charge in [-0.2, -0.15) is 0 Å². The molecule has 1 fully saturated rings. The Morgan fingerprint density at radius 2 is 2.08 bits per heavy atom. The highest BCUT2D eigenvalue weighted by molar-refractivity contribution is 7.16. The van der Waals surface area contributed by atoms with E-state index in [1.165, 1.54) is 16.2 Å². The number of thiophene rings is 1. The number of aromatic nitrogens is 2. The lowest BCUT2D eigenvalue weighted by atomic mass is 10.1. The topological polar surface area (TPSA) is 129 Å². The van der Waals surface area contributed by atoms with E-state index in [-0.39, 0.29) is 18.0 Å². The Morgan fingerprint density at radius 3 is 2.85 bits per heavy atom. The van der Waals surface area contributed by atoms with Gasteiger partial charge in [0.1, 0.15) is 46.5 Å². The molecular weight excluding hydrogens is 567 g/mol. The summed E-state index contributed by atoms with van der Waals surface area (Å²) in [5.74, 6) is 0.106. The molecule has 0 bridgehead atoms. The van der Waals surface area contributed by atoms with Gasteiger partial charge < -0.3 is 30.0 Å². The Labute approximate surface area is 237 Å². The Kier molecular flexibility index (Phi) is 7.85. The van der Waals surface area contributed by atoms with Crippen molar-refractivity contribution in [3.05, 3.63) is 69.3 Å². The lowest BCUT2D eigenvalue weighted by Gasteiger charge is -2.31. The molecule has 0 unspecified atom stereocenters. The van der Waals surface area contributed by atoms with Crippen molar-refractivity contribution in [1.82, 2.24) is 14.5 Å². The smallest absolute Gasteiger partial charge is 0.407 e. The minimum Gasteiger partial charge on any atom is -0.489 e. The quantitative estimate of drug-likeness (QED) is 0.281. The Balaban J connectivity index is 1.34. The van der Waals surface area contributed by atoms with Crippen LogP contribution in [0, 0.1) is 0 Å². The zero-order valence-electron chi connectivity index (χ0n) is 20.7. The fourth-order valence-electron chi connectivity index (χ4n) is 4.29. The number of morpholine rings is 1. The number of amides is 2. The molecule has 2 amide bonds. The van der Waals surface area contributed by atoms with E-state index >= 15 is 0 Å². The Morgan fingerprint density at radius 1 is 1.26 bits per heavy atom. The molecule has 39 heavy (non-hydrogen) atoms. The molecule has 10 nitrogen and oxygen atoms in total. The summed E-state index contributed by atoms with van der Waals surface area (Å²) in [5.41, 5.74) is 7.84. The van der Waals surface area contributed by atoms with Gasteiger partial charge in [0.15, 0.2) is 0 Å². The fraction of sp³-hybridized carbons (Fsp3) is 0.269. The fourth-order valence-corrected chi connectivity index (χ4v) is 5.71. The van der Waals surface area contributed by atoms with Gasteiger partial charge in [-0.05, 0) is 31.2 Å². The summed E-state index contributed by atoms with van der Waals surface area (Å²) in [7, 11) is 0. The molecule has 0 saturated carbocycles. The average Bonchev–Trinajstić information content (AvgIpc) is 3.52. The molecule has 0 spiro atoms. The van der Waals surface area contributed by atoms with Crippen molar-refractivity contribution in [2.45, 2.75) is 19.1 Å². The number of hydrogen-bond acceptors (Lipinski definition) is 7. The van der Waals surface area contributed by atoms with Crippen molar-refractivity contribution >= 4 is 57.6 Å². The second-order valence-corrected chi connectivity index (χ2v) is 10.7. The van der Waals surface area contributed by atoms with Crippen molar-refractivity contribution in [2.24, 2.45) is 5.73 Å². The summed E-state index contributed by atoms with van der Waals surface area (Å²) in [5, 5.41) is 10.8. The summed E-state index contributed by atoms with van der Waals surface area (Å²) in [6.45, 7) is 2.76. The van der Waals surface area contributed by atoms with Crippen LogP contribution in [0.15, 0.2) is 48.8 Å². The predicted molar refractivity (Wildman–Crippen MR) is 148 cm³/mol. The lowest BCUT2D eigenvalue weighted by Crippen LogP contribution is -2.47. The van der Waals surface area contributed by atoms with Crippen LogP contribution in [-0.4, -0.2) is 64.0 Å². The van der Waals surface area contributed by atoms with Crippen LogP contribution in [0.4, 0.5) is 4.79 Å². The van der Waals surface area contributed by atoms with Crippen LogP contribution in [0.3, 0.4) is 0 Å². The van der Waals surface area contributed by atoms with E-state index in [4.69, 9.17) is 43.1 Å². The van der Waals surface area contributed by atoms with Crippen LogP contribution in [-0.2, 0) is 4.74 Å². The molecule has 3 N–H and O–H groups in total. The highest BCUT2D eigenvalue weighted by Crippen LogP contribution is 2.39. The summed E-state index contributed by atoms with van der Waals surface area (Å²) in [4.78, 5) is 29.5. The third-order valence-electron chi connectivity index (χ3n) is 6.22. The zero-order valence-corrected chi connectivity index (χ0v) is 23.0. The minimum absolute atomic E-state index is 0.131. The van der Waals surface area contributed by atoms with Crippen molar-refractivity contribution in [2.75, 3.05) is 26.3 Å². The van der Waals surface area contributed by atoms with Crippen molar-refractivity contribution in [3.63, 3.8) is 0 Å². The van der Waals surface area contributed by atoms with Gasteiger partial charge >= 0.3 is 6.09 Å². The molecule has 2 aromatic heterocycles. The zero-order chi connectivity index (χ0) is 27.7. The van der Waals surface area contributed by atoms with Gasteiger partial charge in [-0.25, -0.2) is 9.78 Å². The molecule has 204 valence electrons. The number of hydrogen-bond donors (Lipinski definition) is 2. The molecule has 5 rings (SSSR count). The van der Waals surface area contributed by atoms with Crippen LogP contribution in [0.2, 0.25) is 10.0 Å². The van der Waals surface area contributed by atoms with E-state index in [0.717, 1.165) is 5.52 Å². The molecule has 1 aliphatic rings. The van der Waals surface area contributed by atoms with Gasteiger partial charge in [0, 0.05) is 23.2 Å². The van der Waals surface area contributed by atoms with Crippen LogP contribution in [0.1, 0.15) is 28.3 Å². The first-order chi connectivity index (χ1) is 18.7. The van der Waals surface area contributed by atoms with Crippen LogP contribution < -0.4 is 15.2 Å². The number of imidazole rings is 1. The Hall–Kier alpha value is -3.51. The third-order valence-corrected chi connectivity index (χ3v) is 7.99. The van der Waals surface area contributed by atoms with E-state index in [1.54, 1.807) is 49.6 Å². The molecule has 0 aliphatic carbocycles. The first-order valence-electron chi connectivity index (χ1n) is 11.9. The number of carbonyl (C=O) groups excluding carboxylic acids is 1. The number of ether oxygens (including phenoxy) is 3. The average molecular weight is 591 g/mol. The number of halogens is 2. The standard InChI is InChI=1S/C26H24Cl2N4O6S/c1-14(17-3-2-4-20(23(17)28)37-12-16-11-31(26(34)35)7-8-36-16)38-21-10-22(39-24(21)25(29)33)32-13-30-18-9-15(27)5-6-19(18)32/h2-6,9-10,13-14,16H,7-8,11-12H2,1H3,(H2,29,33)(H,34,35)/t14-,16-/m1/s1. The third kappa shape index (κ3) is 5.76. The van der Waals surface area contributed by atoms with Crippen molar-refractivity contribution in [1.29, 1.82) is 0 Å². The predicted octanol–water partition coefficient (Wildman–Crippen LogP) is 5.39.